The van der Waals surface area contributed by atoms with Crippen LogP contribution in [0.1, 0.15) is 0 Å². The number of hydrogen-bond acceptors (Lipinski definition) is 4. The molecule has 2 radical (unpaired) electrons. The van der Waals surface area contributed by atoms with E-state index >= 15 is 0 Å². The van der Waals surface area contributed by atoms with Crippen LogP contribution in [0.4, 0.5) is 0 Å². The number of nitrogens with two attached hydrogens (primary N) is 1. The van der Waals surface area contributed by atoms with Gasteiger partial charge in [0.2, 0.25) is 0 Å². The lowest BCUT2D eigenvalue weighted by Crippen LogP contribution is -2.42. The summed E-state index contributed by atoms with van der Waals surface area (Å²) in [5.74, 6) is 0. The molecular weight excluding hydrogens is 145 g/mol. The molecule has 0 aliphatic carbocycles. The highest BCUT2D eigenvalue weighted by atomic mass is 16.6. The van der Waals surface area contributed by atoms with E-state index in [9.17, 15) is 0 Å². The highest BCUT2D eigenvalue weighted by Crippen LogP contribution is 2.19. The maximum absolute atomic E-state index is 8.75. The third kappa shape index (κ3) is 1.56. The van der Waals surface area contributed by atoms with Crippen molar-refractivity contribution in [2.75, 3.05) is 13.7 Å². The maximum Gasteiger partial charge on any atom is 0.112 e. The van der Waals surface area contributed by atoms with Crippen molar-refractivity contribution in [1.82, 2.24) is 0 Å². The summed E-state index contributed by atoms with van der Waals surface area (Å²) in [5.41, 5.74) is 5.64. The fraction of sp³-hybridized carbons (Fsp3) is 1.00. The molecule has 1 fully saturated rings. The summed E-state index contributed by atoms with van der Waals surface area (Å²) in [6.45, 7) is -0.116. The number of aliphatic hydroxyl groups excluding tert-OH is 1. The molecule has 4 atom stereocenters. The lowest BCUT2D eigenvalue weighted by atomic mass is 9.92. The SMILES string of the molecule is [B]C1OC(CO)C(N)C1OC. The van der Waals surface area contributed by atoms with Gasteiger partial charge in [0, 0.05) is 13.1 Å². The van der Waals surface area contributed by atoms with Crippen molar-refractivity contribution in [3.63, 3.8) is 0 Å². The van der Waals surface area contributed by atoms with E-state index in [-0.39, 0.29) is 18.8 Å². The standard InChI is InChI=1S/C6H12BNO3/c1-10-5-4(8)3(2-9)11-6(5)7/h3-6,9H,2,8H2,1H3. The number of rotatable bonds is 2. The van der Waals surface area contributed by atoms with Crippen LogP contribution in [0.15, 0.2) is 0 Å². The van der Waals surface area contributed by atoms with Gasteiger partial charge >= 0.3 is 0 Å². The molecule has 1 heterocycles. The Bertz CT molecular complexity index is 135. The van der Waals surface area contributed by atoms with Gasteiger partial charge < -0.3 is 20.3 Å². The van der Waals surface area contributed by atoms with Gasteiger partial charge in [0.05, 0.1) is 24.9 Å². The molecule has 1 rings (SSSR count). The minimum atomic E-state index is -0.521. The van der Waals surface area contributed by atoms with Gasteiger partial charge in [0.1, 0.15) is 7.85 Å². The van der Waals surface area contributed by atoms with Crippen molar-refractivity contribution in [3.8, 4) is 0 Å². The fourth-order valence-corrected chi connectivity index (χ4v) is 1.26. The first-order chi connectivity index (χ1) is 5.20. The van der Waals surface area contributed by atoms with E-state index in [1.807, 2.05) is 0 Å². The number of aliphatic hydroxyl groups is 1. The molecule has 0 aromatic rings. The molecule has 0 bridgehead atoms. The van der Waals surface area contributed by atoms with Gasteiger partial charge in [-0.15, -0.1) is 0 Å². The predicted molar refractivity (Wildman–Crippen MR) is 40.3 cm³/mol. The van der Waals surface area contributed by atoms with Crippen LogP contribution in [0.2, 0.25) is 0 Å². The van der Waals surface area contributed by atoms with Gasteiger partial charge in [-0.25, -0.2) is 0 Å². The average molecular weight is 157 g/mol. The first-order valence-electron chi connectivity index (χ1n) is 3.51. The summed E-state index contributed by atoms with van der Waals surface area (Å²) in [5, 5.41) is 8.75. The monoisotopic (exact) mass is 157 g/mol. The molecule has 1 saturated heterocycles. The molecule has 0 saturated carbocycles. The first kappa shape index (κ1) is 9.00. The Balaban J connectivity index is 2.55. The topological polar surface area (TPSA) is 64.7 Å². The minimum absolute atomic E-state index is 0.116. The molecule has 4 unspecified atom stereocenters. The summed E-state index contributed by atoms with van der Waals surface area (Å²) in [6.07, 6.45) is -0.706. The second-order valence-corrected chi connectivity index (χ2v) is 2.60. The number of ether oxygens (including phenoxy) is 2. The molecule has 4 nitrogen and oxygen atoms in total. The van der Waals surface area contributed by atoms with Crippen LogP contribution in [0.3, 0.4) is 0 Å². The Labute approximate surface area is 67.1 Å². The van der Waals surface area contributed by atoms with E-state index < -0.39 is 12.1 Å². The maximum atomic E-state index is 8.75. The Hall–Kier alpha value is -0.0951. The molecule has 0 aromatic carbocycles. The summed E-state index contributed by atoms with van der Waals surface area (Å²) < 4.78 is 10.1. The summed E-state index contributed by atoms with van der Waals surface area (Å²) in [6, 6.07) is -0.854. The summed E-state index contributed by atoms with van der Waals surface area (Å²) >= 11 is 0. The quantitative estimate of drug-likeness (QED) is 0.465. The van der Waals surface area contributed by atoms with Crippen molar-refractivity contribution >= 4 is 7.85 Å². The second-order valence-electron chi connectivity index (χ2n) is 2.60. The summed E-state index contributed by atoms with van der Waals surface area (Å²) in [7, 11) is 7.03. The van der Waals surface area contributed by atoms with Crippen molar-refractivity contribution in [3.05, 3.63) is 0 Å². The van der Waals surface area contributed by atoms with E-state index in [2.05, 4.69) is 0 Å². The van der Waals surface area contributed by atoms with Crippen LogP contribution in [0, 0.1) is 0 Å². The van der Waals surface area contributed by atoms with Crippen LogP contribution in [0.25, 0.3) is 0 Å². The molecular formula is C6H12BNO3. The van der Waals surface area contributed by atoms with Crippen molar-refractivity contribution in [1.29, 1.82) is 0 Å². The molecule has 0 aromatic heterocycles. The molecule has 0 amide bonds. The molecule has 5 heteroatoms. The molecule has 11 heavy (non-hydrogen) atoms. The van der Waals surface area contributed by atoms with Crippen LogP contribution < -0.4 is 5.73 Å². The Kier molecular flexibility index (Phi) is 2.89. The zero-order valence-corrected chi connectivity index (χ0v) is 6.43. The predicted octanol–water partition coefficient (Wildman–Crippen LogP) is -1.79. The molecule has 1 aliphatic heterocycles. The summed E-state index contributed by atoms with van der Waals surface area (Å²) in [4.78, 5) is 0. The molecule has 1 aliphatic rings. The van der Waals surface area contributed by atoms with Gasteiger partial charge in [0.15, 0.2) is 0 Å². The highest BCUT2D eigenvalue weighted by molar-refractivity contribution is 6.11. The molecule has 3 N–H and O–H groups in total. The van der Waals surface area contributed by atoms with E-state index in [0.717, 1.165) is 0 Å². The molecule has 0 spiro atoms. The average Bonchev–Trinajstić information content (AvgIpc) is 2.26. The van der Waals surface area contributed by atoms with E-state index in [0.29, 0.717) is 0 Å². The van der Waals surface area contributed by atoms with Gasteiger partial charge in [0.25, 0.3) is 0 Å². The van der Waals surface area contributed by atoms with Gasteiger partial charge in [-0.3, -0.25) is 0 Å². The minimum Gasteiger partial charge on any atom is -0.394 e. The first-order valence-corrected chi connectivity index (χ1v) is 3.51. The van der Waals surface area contributed by atoms with Gasteiger partial charge in [-0.05, 0) is 0 Å². The van der Waals surface area contributed by atoms with Gasteiger partial charge in [-0.1, -0.05) is 0 Å². The Morgan fingerprint density at radius 2 is 2.36 bits per heavy atom. The third-order valence-electron chi connectivity index (χ3n) is 1.92. The third-order valence-corrected chi connectivity index (χ3v) is 1.92. The van der Waals surface area contributed by atoms with Gasteiger partial charge in [-0.2, -0.15) is 0 Å². The lowest BCUT2D eigenvalue weighted by molar-refractivity contribution is 0.0215. The smallest absolute Gasteiger partial charge is 0.112 e. The zero-order valence-electron chi connectivity index (χ0n) is 6.43. The number of hydrogen-bond donors (Lipinski definition) is 2. The Morgan fingerprint density at radius 1 is 1.73 bits per heavy atom. The number of methoxy groups -OCH3 is 1. The van der Waals surface area contributed by atoms with E-state index in [4.69, 9.17) is 28.2 Å². The van der Waals surface area contributed by atoms with Crippen molar-refractivity contribution in [2.24, 2.45) is 5.73 Å². The normalized spacial score (nSPS) is 44.6. The van der Waals surface area contributed by atoms with Crippen LogP contribution >= 0.6 is 0 Å². The van der Waals surface area contributed by atoms with Crippen molar-refractivity contribution in [2.45, 2.75) is 24.3 Å². The second kappa shape index (κ2) is 3.54. The molecule has 62 valence electrons. The van der Waals surface area contributed by atoms with Crippen LogP contribution in [-0.4, -0.2) is 50.9 Å². The largest absolute Gasteiger partial charge is 0.394 e. The van der Waals surface area contributed by atoms with E-state index in [1.165, 1.54) is 7.11 Å². The Morgan fingerprint density at radius 3 is 2.64 bits per heavy atom. The fourth-order valence-electron chi connectivity index (χ4n) is 1.26. The van der Waals surface area contributed by atoms with E-state index in [1.54, 1.807) is 0 Å². The van der Waals surface area contributed by atoms with Crippen LogP contribution in [-0.2, 0) is 9.47 Å². The highest BCUT2D eigenvalue weighted by Gasteiger charge is 2.39. The lowest BCUT2D eigenvalue weighted by Gasteiger charge is -2.16. The van der Waals surface area contributed by atoms with Crippen LogP contribution in [0.5, 0.6) is 0 Å². The zero-order chi connectivity index (χ0) is 8.43. The van der Waals surface area contributed by atoms with Crippen molar-refractivity contribution < 1.29 is 14.6 Å².